The summed E-state index contributed by atoms with van der Waals surface area (Å²) in [7, 11) is 3.50. The smallest absolute Gasteiger partial charge is 0.328 e. The third kappa shape index (κ3) is 3.33. The van der Waals surface area contributed by atoms with Crippen molar-refractivity contribution in [1.29, 1.82) is 0 Å². The normalized spacial score (nSPS) is 13.9. The maximum absolute atomic E-state index is 12.6. The minimum atomic E-state index is -0.344. The molecule has 1 aromatic heterocycles. The summed E-state index contributed by atoms with van der Waals surface area (Å²) in [5.41, 5.74) is 3.79. The highest BCUT2D eigenvalue weighted by atomic mass is 35.5. The van der Waals surface area contributed by atoms with E-state index in [-0.39, 0.29) is 11.7 Å². The largest absolute Gasteiger partial charge is 0.370 e. The molecule has 8 heteroatoms. The molecule has 2 aromatic carbocycles. The summed E-state index contributed by atoms with van der Waals surface area (Å²) in [5.74, 6) is 0. The van der Waals surface area contributed by atoms with Crippen LogP contribution in [0.15, 0.2) is 41.2 Å². The highest BCUT2D eigenvalue weighted by molar-refractivity contribution is 6.30. The molecular weight excluding hydrogens is 378 g/mol. The number of fused-ring (bicyclic) bond motifs is 1. The van der Waals surface area contributed by atoms with Crippen LogP contribution in [0, 0.1) is 0 Å². The molecule has 146 valence electrons. The summed E-state index contributed by atoms with van der Waals surface area (Å²) in [6.45, 7) is 1.86. The number of hydrogen-bond acceptors (Lipinski definition) is 3. The van der Waals surface area contributed by atoms with E-state index in [2.05, 4.69) is 15.5 Å². The molecule has 0 spiro atoms. The molecule has 0 unspecified atom stereocenters. The number of anilines is 3. The number of amides is 2. The van der Waals surface area contributed by atoms with Crippen molar-refractivity contribution in [3.05, 3.63) is 51.9 Å². The Labute approximate surface area is 167 Å². The fraction of sp³-hybridized carbons (Fsp3) is 0.300. The van der Waals surface area contributed by atoms with Crippen LogP contribution in [0.2, 0.25) is 5.02 Å². The van der Waals surface area contributed by atoms with Crippen molar-refractivity contribution in [2.45, 2.75) is 12.8 Å². The third-order valence-corrected chi connectivity index (χ3v) is 5.44. The van der Waals surface area contributed by atoms with Crippen LogP contribution in [0.4, 0.5) is 21.9 Å². The molecule has 7 nitrogen and oxygen atoms in total. The van der Waals surface area contributed by atoms with E-state index >= 15 is 0 Å². The number of urea groups is 1. The SMILES string of the molecule is Cn1c(=O)n(C)c2cc(N3CCCC3)c(NC(=O)Nc3ccc(Cl)cc3)cc21. The molecule has 28 heavy (non-hydrogen) atoms. The van der Waals surface area contributed by atoms with Gasteiger partial charge in [-0.3, -0.25) is 9.13 Å². The van der Waals surface area contributed by atoms with Crippen molar-refractivity contribution in [2.75, 3.05) is 28.6 Å². The zero-order chi connectivity index (χ0) is 19.8. The van der Waals surface area contributed by atoms with Gasteiger partial charge in [-0.25, -0.2) is 9.59 Å². The summed E-state index contributed by atoms with van der Waals surface area (Å²) in [4.78, 5) is 27.1. The average molecular weight is 400 g/mol. The number of hydrogen-bond donors (Lipinski definition) is 2. The highest BCUT2D eigenvalue weighted by Crippen LogP contribution is 2.33. The van der Waals surface area contributed by atoms with E-state index in [0.29, 0.717) is 16.4 Å². The number of nitrogens with one attached hydrogen (secondary N) is 2. The standard InChI is InChI=1S/C20H22ClN5O2/c1-24-17-11-15(23-19(27)22-14-7-5-13(21)6-8-14)16(26-9-3-4-10-26)12-18(17)25(2)20(24)28/h5-8,11-12H,3-4,9-10H2,1-2H3,(H2,22,23,27). The Bertz CT molecular complexity index is 1090. The van der Waals surface area contributed by atoms with E-state index in [1.165, 1.54) is 0 Å². The van der Waals surface area contributed by atoms with Gasteiger partial charge in [0.25, 0.3) is 0 Å². The molecule has 2 amide bonds. The lowest BCUT2D eigenvalue weighted by atomic mass is 10.2. The van der Waals surface area contributed by atoms with Gasteiger partial charge in [0, 0.05) is 37.9 Å². The molecule has 4 rings (SSSR count). The van der Waals surface area contributed by atoms with Crippen LogP contribution in [0.5, 0.6) is 0 Å². The van der Waals surface area contributed by atoms with Crippen LogP contribution in [0.3, 0.4) is 0 Å². The number of carbonyl (C=O) groups excluding carboxylic acids is 1. The number of halogens is 1. The van der Waals surface area contributed by atoms with Gasteiger partial charge in [0.2, 0.25) is 0 Å². The van der Waals surface area contributed by atoms with Crippen molar-refractivity contribution in [1.82, 2.24) is 9.13 Å². The minimum Gasteiger partial charge on any atom is -0.370 e. The number of imidazole rings is 1. The molecule has 0 atom stereocenters. The predicted molar refractivity (Wildman–Crippen MR) is 114 cm³/mol. The van der Waals surface area contributed by atoms with Crippen molar-refractivity contribution in [3.63, 3.8) is 0 Å². The highest BCUT2D eigenvalue weighted by Gasteiger charge is 2.20. The van der Waals surface area contributed by atoms with E-state index in [4.69, 9.17) is 11.6 Å². The van der Waals surface area contributed by atoms with Gasteiger partial charge in [0.05, 0.1) is 22.4 Å². The molecule has 0 radical (unpaired) electrons. The van der Waals surface area contributed by atoms with E-state index < -0.39 is 0 Å². The van der Waals surface area contributed by atoms with Crippen LogP contribution in [-0.4, -0.2) is 28.3 Å². The summed E-state index contributed by atoms with van der Waals surface area (Å²) in [6, 6.07) is 10.4. The number of aromatic nitrogens is 2. The summed E-state index contributed by atoms with van der Waals surface area (Å²) < 4.78 is 3.22. The van der Waals surface area contributed by atoms with Crippen molar-refractivity contribution < 1.29 is 4.79 Å². The molecule has 0 aliphatic carbocycles. The zero-order valence-electron chi connectivity index (χ0n) is 15.8. The van der Waals surface area contributed by atoms with Gasteiger partial charge < -0.3 is 15.5 Å². The fourth-order valence-corrected chi connectivity index (χ4v) is 3.80. The lowest BCUT2D eigenvalue weighted by Gasteiger charge is -2.22. The first-order valence-corrected chi connectivity index (χ1v) is 9.60. The second kappa shape index (κ2) is 7.24. The number of nitrogens with zero attached hydrogens (tertiary/aromatic N) is 3. The Hall–Kier alpha value is -2.93. The second-order valence-corrected chi connectivity index (χ2v) is 7.48. The summed E-state index contributed by atoms with van der Waals surface area (Å²) in [6.07, 6.45) is 2.23. The van der Waals surface area contributed by atoms with Gasteiger partial charge in [0.15, 0.2) is 0 Å². The molecule has 1 aliphatic heterocycles. The van der Waals surface area contributed by atoms with Gasteiger partial charge in [-0.05, 0) is 49.2 Å². The number of rotatable bonds is 3. The maximum atomic E-state index is 12.6. The lowest BCUT2D eigenvalue weighted by Crippen LogP contribution is -2.24. The van der Waals surface area contributed by atoms with Crippen molar-refractivity contribution in [3.8, 4) is 0 Å². The Kier molecular flexibility index (Phi) is 4.77. The lowest BCUT2D eigenvalue weighted by molar-refractivity contribution is 0.262. The molecule has 1 aliphatic rings. The van der Waals surface area contributed by atoms with Crippen molar-refractivity contribution >= 4 is 45.7 Å². The topological polar surface area (TPSA) is 71.3 Å². The van der Waals surface area contributed by atoms with Crippen molar-refractivity contribution in [2.24, 2.45) is 14.1 Å². The van der Waals surface area contributed by atoms with E-state index in [9.17, 15) is 9.59 Å². The van der Waals surface area contributed by atoms with Crippen LogP contribution in [0.1, 0.15) is 12.8 Å². The Balaban J connectivity index is 1.70. The Morgan fingerprint density at radius 1 is 0.964 bits per heavy atom. The zero-order valence-corrected chi connectivity index (χ0v) is 16.6. The molecule has 0 saturated carbocycles. The fourth-order valence-electron chi connectivity index (χ4n) is 3.67. The van der Waals surface area contributed by atoms with Crippen LogP contribution < -0.4 is 21.2 Å². The molecule has 2 N–H and O–H groups in total. The number of benzene rings is 2. The molecular formula is C20H22ClN5O2. The first-order chi connectivity index (χ1) is 13.4. The molecule has 3 aromatic rings. The van der Waals surface area contributed by atoms with Crippen LogP contribution in [0.25, 0.3) is 11.0 Å². The summed E-state index contributed by atoms with van der Waals surface area (Å²) >= 11 is 5.89. The quantitative estimate of drug-likeness (QED) is 0.704. The van der Waals surface area contributed by atoms with Crippen LogP contribution in [-0.2, 0) is 14.1 Å². The van der Waals surface area contributed by atoms with Gasteiger partial charge in [-0.2, -0.15) is 0 Å². The minimum absolute atomic E-state index is 0.0925. The van der Waals surface area contributed by atoms with Gasteiger partial charge in [-0.15, -0.1) is 0 Å². The van der Waals surface area contributed by atoms with Gasteiger partial charge in [0.1, 0.15) is 0 Å². The molecule has 1 saturated heterocycles. The maximum Gasteiger partial charge on any atom is 0.328 e. The number of carbonyl (C=O) groups is 1. The van der Waals surface area contributed by atoms with Gasteiger partial charge in [-0.1, -0.05) is 11.6 Å². The van der Waals surface area contributed by atoms with Gasteiger partial charge >= 0.3 is 11.7 Å². The summed E-state index contributed by atoms with van der Waals surface area (Å²) in [5, 5.41) is 6.37. The average Bonchev–Trinajstić information content (AvgIpc) is 3.28. The monoisotopic (exact) mass is 399 g/mol. The molecule has 1 fully saturated rings. The van der Waals surface area contributed by atoms with E-state index in [1.807, 2.05) is 12.1 Å². The van der Waals surface area contributed by atoms with E-state index in [0.717, 1.165) is 42.7 Å². The Morgan fingerprint density at radius 2 is 1.57 bits per heavy atom. The third-order valence-electron chi connectivity index (χ3n) is 5.19. The molecule has 0 bridgehead atoms. The first-order valence-electron chi connectivity index (χ1n) is 9.22. The Morgan fingerprint density at radius 3 is 2.21 bits per heavy atom. The van der Waals surface area contributed by atoms with Crippen LogP contribution >= 0.6 is 11.6 Å². The molecule has 2 heterocycles. The predicted octanol–water partition coefficient (Wildman–Crippen LogP) is 3.77. The first kappa shape index (κ1) is 18.4. The second-order valence-electron chi connectivity index (χ2n) is 7.04. The van der Waals surface area contributed by atoms with E-state index in [1.54, 1.807) is 47.5 Å². The number of aryl methyl sites for hydroxylation is 2.